The number of aryl methyl sites for hydroxylation is 1. The molecular weight excluding hydrogens is 314 g/mol. The molecule has 1 amide bonds. The number of aromatic nitrogens is 2. The normalized spacial score (nSPS) is 12.1. The van der Waals surface area contributed by atoms with E-state index in [2.05, 4.69) is 15.3 Å². The molecule has 3 aromatic rings. The van der Waals surface area contributed by atoms with Crippen LogP contribution in [0.5, 0.6) is 0 Å². The van der Waals surface area contributed by atoms with E-state index in [4.69, 9.17) is 0 Å². The highest BCUT2D eigenvalue weighted by atomic mass is 32.1. The van der Waals surface area contributed by atoms with Crippen molar-refractivity contribution >= 4 is 28.6 Å². The summed E-state index contributed by atoms with van der Waals surface area (Å²) < 4.78 is 0. The fraction of sp³-hybridized carbons (Fsp3) is 0.188. The number of hydrogen-bond donors (Lipinski definition) is 1. The van der Waals surface area contributed by atoms with Crippen LogP contribution in [0.2, 0.25) is 0 Å². The minimum Gasteiger partial charge on any atom is -0.343 e. The minimum absolute atomic E-state index is 0.101. The molecule has 0 aliphatic carbocycles. The van der Waals surface area contributed by atoms with Gasteiger partial charge in [-0.15, -0.1) is 22.7 Å². The maximum Gasteiger partial charge on any atom is 0.263 e. The molecule has 112 valence electrons. The van der Waals surface area contributed by atoms with Crippen LogP contribution in [0.25, 0.3) is 9.88 Å². The fourth-order valence-electron chi connectivity index (χ4n) is 2.08. The summed E-state index contributed by atoms with van der Waals surface area (Å²) >= 11 is 3.06. The summed E-state index contributed by atoms with van der Waals surface area (Å²) in [6, 6.07) is 9.54. The lowest BCUT2D eigenvalue weighted by atomic mass is 10.2. The van der Waals surface area contributed by atoms with Crippen LogP contribution < -0.4 is 5.32 Å². The van der Waals surface area contributed by atoms with E-state index in [1.807, 2.05) is 49.6 Å². The van der Waals surface area contributed by atoms with E-state index in [0.29, 0.717) is 4.88 Å². The van der Waals surface area contributed by atoms with Gasteiger partial charge in [0.15, 0.2) is 0 Å². The highest BCUT2D eigenvalue weighted by molar-refractivity contribution is 7.22. The van der Waals surface area contributed by atoms with Gasteiger partial charge in [-0.3, -0.25) is 9.78 Å². The van der Waals surface area contributed by atoms with Crippen molar-refractivity contribution in [3.8, 4) is 9.88 Å². The molecule has 0 fully saturated rings. The molecule has 0 spiro atoms. The second-order valence-corrected chi connectivity index (χ2v) is 6.81. The Labute approximate surface area is 136 Å². The molecule has 6 heteroatoms. The van der Waals surface area contributed by atoms with Crippen molar-refractivity contribution in [1.29, 1.82) is 0 Å². The molecule has 0 saturated carbocycles. The Balaban J connectivity index is 1.78. The van der Waals surface area contributed by atoms with Gasteiger partial charge < -0.3 is 5.32 Å². The first-order valence-corrected chi connectivity index (χ1v) is 8.58. The van der Waals surface area contributed by atoms with Gasteiger partial charge in [-0.2, -0.15) is 0 Å². The molecule has 1 atom stereocenters. The minimum atomic E-state index is -0.139. The summed E-state index contributed by atoms with van der Waals surface area (Å²) in [5, 5.41) is 5.88. The molecule has 0 aromatic carbocycles. The van der Waals surface area contributed by atoms with E-state index in [1.165, 1.54) is 11.3 Å². The smallest absolute Gasteiger partial charge is 0.263 e. The molecule has 0 bridgehead atoms. The number of thiophene rings is 1. The lowest BCUT2D eigenvalue weighted by molar-refractivity contribution is 0.0942. The lowest BCUT2D eigenvalue weighted by Gasteiger charge is -2.12. The van der Waals surface area contributed by atoms with Crippen LogP contribution in [0.15, 0.2) is 41.9 Å². The average molecular weight is 329 g/mol. The third kappa shape index (κ3) is 3.08. The predicted molar refractivity (Wildman–Crippen MR) is 90.3 cm³/mol. The summed E-state index contributed by atoms with van der Waals surface area (Å²) in [5.74, 6) is -0.101. The molecule has 0 radical (unpaired) electrons. The number of carbonyl (C=O) groups excluding carboxylic acids is 1. The fourth-order valence-corrected chi connectivity index (χ4v) is 3.85. The quantitative estimate of drug-likeness (QED) is 0.785. The molecular formula is C16H15N3OS2. The number of hydrogen-bond acceptors (Lipinski definition) is 5. The van der Waals surface area contributed by atoms with Crippen LogP contribution in [0, 0.1) is 6.92 Å². The molecule has 0 saturated heterocycles. The maximum atomic E-state index is 12.5. The highest BCUT2D eigenvalue weighted by Crippen LogP contribution is 2.31. The SMILES string of the molecule is Cc1nc(-c2cccs2)sc1C(=O)NC(C)c1ccccn1. The van der Waals surface area contributed by atoms with E-state index in [0.717, 1.165) is 21.3 Å². The van der Waals surface area contributed by atoms with Crippen molar-refractivity contribution in [1.82, 2.24) is 15.3 Å². The first kappa shape index (κ1) is 14.9. The molecule has 0 aliphatic heterocycles. The zero-order valence-corrected chi connectivity index (χ0v) is 13.9. The Hall–Kier alpha value is -2.05. The van der Waals surface area contributed by atoms with E-state index in [1.54, 1.807) is 17.5 Å². The third-order valence-corrected chi connectivity index (χ3v) is 5.41. The van der Waals surface area contributed by atoms with Crippen molar-refractivity contribution in [2.24, 2.45) is 0 Å². The summed E-state index contributed by atoms with van der Waals surface area (Å²) in [6.45, 7) is 3.80. The van der Waals surface area contributed by atoms with Gasteiger partial charge in [-0.25, -0.2) is 4.98 Å². The molecule has 1 N–H and O–H groups in total. The third-order valence-electron chi connectivity index (χ3n) is 3.21. The van der Waals surface area contributed by atoms with E-state index in [-0.39, 0.29) is 11.9 Å². The lowest BCUT2D eigenvalue weighted by Crippen LogP contribution is -2.27. The van der Waals surface area contributed by atoms with Gasteiger partial charge in [0.25, 0.3) is 5.91 Å². The monoisotopic (exact) mass is 329 g/mol. The summed E-state index contributed by atoms with van der Waals surface area (Å²) in [4.78, 5) is 23.0. The summed E-state index contributed by atoms with van der Waals surface area (Å²) in [6.07, 6.45) is 1.73. The van der Waals surface area contributed by atoms with Gasteiger partial charge in [0.05, 0.1) is 22.3 Å². The number of rotatable bonds is 4. The molecule has 3 heterocycles. The van der Waals surface area contributed by atoms with Crippen LogP contribution in [0.3, 0.4) is 0 Å². The highest BCUT2D eigenvalue weighted by Gasteiger charge is 2.19. The maximum absolute atomic E-state index is 12.5. The second-order valence-electron chi connectivity index (χ2n) is 4.86. The first-order chi connectivity index (χ1) is 10.6. The molecule has 1 unspecified atom stereocenters. The molecule has 22 heavy (non-hydrogen) atoms. The Morgan fingerprint density at radius 2 is 2.14 bits per heavy atom. The van der Waals surface area contributed by atoms with Crippen LogP contribution in [0.1, 0.15) is 34.0 Å². The van der Waals surface area contributed by atoms with Crippen molar-refractivity contribution in [3.63, 3.8) is 0 Å². The van der Waals surface area contributed by atoms with Gasteiger partial charge in [-0.05, 0) is 37.4 Å². The summed E-state index contributed by atoms with van der Waals surface area (Å²) in [5.41, 5.74) is 1.61. The van der Waals surface area contributed by atoms with Crippen LogP contribution in [-0.2, 0) is 0 Å². The first-order valence-electron chi connectivity index (χ1n) is 6.88. The van der Waals surface area contributed by atoms with Gasteiger partial charge in [0.1, 0.15) is 9.88 Å². The standard InChI is InChI=1S/C16H15N3OS2/c1-10(12-6-3-4-8-17-12)18-15(20)14-11(2)19-16(22-14)13-7-5-9-21-13/h3-10H,1-2H3,(H,18,20). The number of thiazole rings is 1. The molecule has 3 rings (SSSR count). The van der Waals surface area contributed by atoms with Crippen molar-refractivity contribution < 1.29 is 4.79 Å². The van der Waals surface area contributed by atoms with Gasteiger partial charge in [0, 0.05) is 6.20 Å². The number of nitrogens with one attached hydrogen (secondary N) is 1. The number of amides is 1. The Morgan fingerprint density at radius 3 is 2.82 bits per heavy atom. The van der Waals surface area contributed by atoms with Crippen molar-refractivity contribution in [2.75, 3.05) is 0 Å². The van der Waals surface area contributed by atoms with Crippen molar-refractivity contribution in [2.45, 2.75) is 19.9 Å². The van der Waals surface area contributed by atoms with Crippen LogP contribution in [-0.4, -0.2) is 15.9 Å². The van der Waals surface area contributed by atoms with Crippen LogP contribution >= 0.6 is 22.7 Å². The molecule has 3 aromatic heterocycles. The van der Waals surface area contributed by atoms with Gasteiger partial charge >= 0.3 is 0 Å². The number of pyridine rings is 1. The van der Waals surface area contributed by atoms with E-state index in [9.17, 15) is 4.79 Å². The van der Waals surface area contributed by atoms with Gasteiger partial charge in [-0.1, -0.05) is 12.1 Å². The number of carbonyl (C=O) groups is 1. The zero-order chi connectivity index (χ0) is 15.5. The Bertz CT molecular complexity index is 766. The van der Waals surface area contributed by atoms with E-state index < -0.39 is 0 Å². The zero-order valence-electron chi connectivity index (χ0n) is 12.2. The molecule has 0 aliphatic rings. The predicted octanol–water partition coefficient (Wildman–Crippen LogP) is 4.07. The average Bonchev–Trinajstić information content (AvgIpc) is 3.17. The number of nitrogens with zero attached hydrogens (tertiary/aromatic N) is 2. The topological polar surface area (TPSA) is 54.9 Å². The summed E-state index contributed by atoms with van der Waals surface area (Å²) in [7, 11) is 0. The van der Waals surface area contributed by atoms with Crippen molar-refractivity contribution in [3.05, 3.63) is 58.2 Å². The van der Waals surface area contributed by atoms with Gasteiger partial charge in [0.2, 0.25) is 0 Å². The Kier molecular flexibility index (Phi) is 4.31. The Morgan fingerprint density at radius 1 is 1.27 bits per heavy atom. The van der Waals surface area contributed by atoms with E-state index >= 15 is 0 Å². The molecule has 4 nitrogen and oxygen atoms in total. The second kappa shape index (κ2) is 6.37. The van der Waals surface area contributed by atoms with Crippen LogP contribution in [0.4, 0.5) is 0 Å². The largest absolute Gasteiger partial charge is 0.343 e.